The molecule has 4 heteroatoms. The molecule has 1 fully saturated rings. The van der Waals surface area contributed by atoms with Gasteiger partial charge in [-0.3, -0.25) is 4.79 Å². The van der Waals surface area contributed by atoms with E-state index in [1.54, 1.807) is 11.8 Å². The molecule has 0 radical (unpaired) electrons. The average Bonchev–Trinajstić information content (AvgIpc) is 2.29. The maximum absolute atomic E-state index is 12.0. The Morgan fingerprint density at radius 1 is 1.33 bits per heavy atom. The minimum Gasteiger partial charge on any atom is -0.395 e. The second-order valence-corrected chi connectivity index (χ2v) is 5.94. The summed E-state index contributed by atoms with van der Waals surface area (Å²) in [5.41, 5.74) is 0. The van der Waals surface area contributed by atoms with Crippen molar-refractivity contribution in [3.05, 3.63) is 0 Å². The summed E-state index contributed by atoms with van der Waals surface area (Å²) < 4.78 is 0. The topological polar surface area (TPSA) is 40.5 Å². The summed E-state index contributed by atoms with van der Waals surface area (Å²) in [6.07, 6.45) is 3.52. The lowest BCUT2D eigenvalue weighted by Crippen LogP contribution is -2.40. The van der Waals surface area contributed by atoms with Crippen molar-refractivity contribution < 1.29 is 9.90 Å². The van der Waals surface area contributed by atoms with Gasteiger partial charge in [-0.05, 0) is 26.2 Å². The number of rotatable bonds is 4. The zero-order valence-electron chi connectivity index (χ0n) is 9.61. The van der Waals surface area contributed by atoms with Crippen molar-refractivity contribution in [3.63, 3.8) is 0 Å². The van der Waals surface area contributed by atoms with E-state index in [1.165, 1.54) is 6.42 Å². The zero-order chi connectivity index (χ0) is 11.3. The third-order valence-corrected chi connectivity index (χ3v) is 3.93. The van der Waals surface area contributed by atoms with Crippen LogP contribution < -0.4 is 0 Å². The van der Waals surface area contributed by atoms with Crippen LogP contribution in [0.4, 0.5) is 0 Å². The van der Waals surface area contributed by atoms with Gasteiger partial charge in [0, 0.05) is 18.3 Å². The Kier molecular flexibility index (Phi) is 5.47. The Morgan fingerprint density at radius 3 is 2.47 bits per heavy atom. The summed E-state index contributed by atoms with van der Waals surface area (Å²) in [6.45, 7) is 5.86. The number of hydrogen-bond acceptors (Lipinski definition) is 3. The number of thioether (sulfide) groups is 1. The molecular weight excluding hydrogens is 210 g/mol. The first kappa shape index (κ1) is 12.8. The molecular formula is C11H21NO2S. The lowest BCUT2D eigenvalue weighted by Gasteiger charge is -2.29. The number of amides is 1. The predicted molar refractivity (Wildman–Crippen MR) is 64.0 cm³/mol. The SMILES string of the molecule is CC(CO)SC(C)C(=O)N1CCCCC1. The number of carbonyl (C=O) groups excluding carboxylic acids is 1. The molecule has 0 saturated carbocycles. The molecule has 0 spiro atoms. The third kappa shape index (κ3) is 4.03. The van der Waals surface area contributed by atoms with Gasteiger partial charge in [0.2, 0.25) is 5.91 Å². The van der Waals surface area contributed by atoms with E-state index in [4.69, 9.17) is 5.11 Å². The number of aliphatic hydroxyl groups is 1. The lowest BCUT2D eigenvalue weighted by atomic mass is 10.1. The van der Waals surface area contributed by atoms with Crippen LogP contribution in [-0.4, -0.2) is 46.1 Å². The molecule has 15 heavy (non-hydrogen) atoms. The van der Waals surface area contributed by atoms with Crippen LogP contribution in [0.3, 0.4) is 0 Å². The molecule has 1 N–H and O–H groups in total. The maximum atomic E-state index is 12.0. The molecule has 88 valence electrons. The predicted octanol–water partition coefficient (Wildman–Crippen LogP) is 1.50. The van der Waals surface area contributed by atoms with Gasteiger partial charge in [-0.2, -0.15) is 0 Å². The average molecular weight is 231 g/mol. The molecule has 1 aliphatic rings. The van der Waals surface area contributed by atoms with E-state index in [0.717, 1.165) is 25.9 Å². The Balaban J connectivity index is 2.37. The van der Waals surface area contributed by atoms with Gasteiger partial charge in [0.1, 0.15) is 0 Å². The third-order valence-electron chi connectivity index (χ3n) is 2.71. The van der Waals surface area contributed by atoms with Gasteiger partial charge in [0.05, 0.1) is 11.9 Å². The van der Waals surface area contributed by atoms with Crippen LogP contribution in [-0.2, 0) is 4.79 Å². The van der Waals surface area contributed by atoms with Gasteiger partial charge in [-0.15, -0.1) is 11.8 Å². The number of likely N-dealkylation sites (tertiary alicyclic amines) is 1. The van der Waals surface area contributed by atoms with Crippen LogP contribution >= 0.6 is 11.8 Å². The van der Waals surface area contributed by atoms with Crippen LogP contribution in [0.2, 0.25) is 0 Å². The minimum absolute atomic E-state index is 0.0229. The van der Waals surface area contributed by atoms with E-state index in [2.05, 4.69) is 0 Å². The van der Waals surface area contributed by atoms with E-state index >= 15 is 0 Å². The molecule has 1 saturated heterocycles. The summed E-state index contributed by atoms with van der Waals surface area (Å²) in [5.74, 6) is 0.236. The van der Waals surface area contributed by atoms with Crippen LogP contribution in [0, 0.1) is 0 Å². The summed E-state index contributed by atoms with van der Waals surface area (Å²) in [6, 6.07) is 0. The molecule has 0 aromatic heterocycles. The van der Waals surface area contributed by atoms with E-state index < -0.39 is 0 Å². The second-order valence-electron chi connectivity index (χ2n) is 4.16. The molecule has 0 aliphatic carbocycles. The van der Waals surface area contributed by atoms with E-state index in [-0.39, 0.29) is 23.0 Å². The smallest absolute Gasteiger partial charge is 0.235 e. The van der Waals surface area contributed by atoms with Crippen molar-refractivity contribution in [2.24, 2.45) is 0 Å². The number of nitrogens with zero attached hydrogens (tertiary/aromatic N) is 1. The summed E-state index contributed by atoms with van der Waals surface area (Å²) in [4.78, 5) is 13.9. The lowest BCUT2D eigenvalue weighted by molar-refractivity contribution is -0.131. The van der Waals surface area contributed by atoms with Crippen molar-refractivity contribution in [3.8, 4) is 0 Å². The molecule has 1 amide bonds. The van der Waals surface area contributed by atoms with E-state index in [1.807, 2.05) is 18.7 Å². The quantitative estimate of drug-likeness (QED) is 0.797. The molecule has 3 nitrogen and oxygen atoms in total. The largest absolute Gasteiger partial charge is 0.395 e. The van der Waals surface area contributed by atoms with Crippen LogP contribution in [0.5, 0.6) is 0 Å². The van der Waals surface area contributed by atoms with Crippen molar-refractivity contribution in [2.75, 3.05) is 19.7 Å². The van der Waals surface area contributed by atoms with Gasteiger partial charge in [-0.25, -0.2) is 0 Å². The highest BCUT2D eigenvalue weighted by molar-refractivity contribution is 8.01. The Hall–Kier alpha value is -0.220. The molecule has 0 aromatic rings. The standard InChI is InChI=1S/C11H21NO2S/c1-9(8-13)15-10(2)11(14)12-6-4-3-5-7-12/h9-10,13H,3-8H2,1-2H3. The Morgan fingerprint density at radius 2 is 1.93 bits per heavy atom. The molecule has 0 aromatic carbocycles. The molecule has 1 rings (SSSR count). The molecule has 1 aliphatic heterocycles. The van der Waals surface area contributed by atoms with Crippen molar-refractivity contribution >= 4 is 17.7 Å². The number of carbonyl (C=O) groups is 1. The highest BCUT2D eigenvalue weighted by Crippen LogP contribution is 2.20. The molecule has 2 atom stereocenters. The van der Waals surface area contributed by atoms with E-state index in [9.17, 15) is 4.79 Å². The van der Waals surface area contributed by atoms with Gasteiger partial charge in [0.15, 0.2) is 0 Å². The first-order valence-corrected chi connectivity index (χ1v) is 6.64. The number of hydrogen-bond donors (Lipinski definition) is 1. The highest BCUT2D eigenvalue weighted by Gasteiger charge is 2.23. The maximum Gasteiger partial charge on any atom is 0.235 e. The van der Waals surface area contributed by atoms with Crippen molar-refractivity contribution in [1.82, 2.24) is 4.90 Å². The van der Waals surface area contributed by atoms with Gasteiger partial charge < -0.3 is 10.0 Å². The highest BCUT2D eigenvalue weighted by atomic mass is 32.2. The Bertz CT molecular complexity index is 205. The molecule has 1 heterocycles. The first-order valence-electron chi connectivity index (χ1n) is 5.70. The normalized spacial score (nSPS) is 21.1. The molecule has 0 bridgehead atoms. The summed E-state index contributed by atoms with van der Waals surface area (Å²) in [5, 5.41) is 9.05. The number of piperidine rings is 1. The van der Waals surface area contributed by atoms with Crippen molar-refractivity contribution in [2.45, 2.75) is 43.6 Å². The monoisotopic (exact) mass is 231 g/mol. The van der Waals surface area contributed by atoms with Crippen molar-refractivity contribution in [1.29, 1.82) is 0 Å². The fourth-order valence-corrected chi connectivity index (χ4v) is 2.87. The fourth-order valence-electron chi connectivity index (χ4n) is 1.82. The second kappa shape index (κ2) is 6.38. The van der Waals surface area contributed by atoms with Gasteiger partial charge >= 0.3 is 0 Å². The van der Waals surface area contributed by atoms with Crippen LogP contribution in [0.1, 0.15) is 33.1 Å². The summed E-state index contributed by atoms with van der Waals surface area (Å²) in [7, 11) is 0. The first-order chi connectivity index (χ1) is 7.15. The van der Waals surface area contributed by atoms with E-state index in [0.29, 0.717) is 0 Å². The van der Waals surface area contributed by atoms with Crippen LogP contribution in [0.25, 0.3) is 0 Å². The van der Waals surface area contributed by atoms with Gasteiger partial charge in [-0.1, -0.05) is 6.92 Å². The Labute approximate surface area is 96.2 Å². The van der Waals surface area contributed by atoms with Gasteiger partial charge in [0.25, 0.3) is 0 Å². The minimum atomic E-state index is -0.0229. The molecule has 2 unspecified atom stereocenters. The number of aliphatic hydroxyl groups excluding tert-OH is 1. The van der Waals surface area contributed by atoms with Crippen LogP contribution in [0.15, 0.2) is 0 Å². The zero-order valence-corrected chi connectivity index (χ0v) is 10.4. The summed E-state index contributed by atoms with van der Waals surface area (Å²) >= 11 is 1.56. The fraction of sp³-hybridized carbons (Fsp3) is 0.909.